The molecule has 29 heavy (non-hydrogen) atoms. The third-order valence-corrected chi connectivity index (χ3v) is 5.91. The Labute approximate surface area is 170 Å². The van der Waals surface area contributed by atoms with Gasteiger partial charge in [-0.2, -0.15) is 0 Å². The van der Waals surface area contributed by atoms with E-state index in [1.807, 2.05) is 13.0 Å². The Morgan fingerprint density at radius 1 is 1.17 bits per heavy atom. The summed E-state index contributed by atoms with van der Waals surface area (Å²) >= 11 is 6.02. The molecule has 0 saturated carbocycles. The first-order valence-electron chi connectivity index (χ1n) is 9.30. The van der Waals surface area contributed by atoms with Gasteiger partial charge in [-0.25, -0.2) is 14.4 Å². The van der Waals surface area contributed by atoms with Crippen LogP contribution in [0.4, 0.5) is 4.39 Å². The predicted octanol–water partition coefficient (Wildman–Crippen LogP) is 2.79. The molecule has 1 fully saturated rings. The first-order chi connectivity index (χ1) is 14.0. The maximum atomic E-state index is 14.3. The van der Waals surface area contributed by atoms with Crippen molar-refractivity contribution in [2.75, 3.05) is 6.61 Å². The molecule has 3 aromatic rings. The number of ether oxygens (including phenoxy) is 2. The Hall–Kier alpha value is -2.10. The zero-order valence-electron chi connectivity index (χ0n) is 15.4. The lowest BCUT2D eigenvalue weighted by Gasteiger charge is -2.33. The lowest BCUT2D eigenvalue weighted by atomic mass is 9.91. The highest BCUT2D eigenvalue weighted by atomic mass is 35.5. The second kappa shape index (κ2) is 7.00. The van der Waals surface area contributed by atoms with E-state index in [0.717, 1.165) is 11.1 Å². The molecule has 9 heteroatoms. The van der Waals surface area contributed by atoms with Gasteiger partial charge in [-0.3, -0.25) is 0 Å². The number of halogens is 2. The zero-order chi connectivity index (χ0) is 20.3. The van der Waals surface area contributed by atoms with Crippen molar-refractivity contribution in [3.8, 4) is 0 Å². The number of hydrogen-bond acceptors (Lipinski definition) is 6. The third kappa shape index (κ3) is 2.94. The molecule has 6 atom stereocenters. The van der Waals surface area contributed by atoms with Crippen molar-refractivity contribution in [1.29, 1.82) is 0 Å². The highest BCUT2D eigenvalue weighted by molar-refractivity contribution is 6.30. The fourth-order valence-electron chi connectivity index (χ4n) is 4.18. The first-order valence-corrected chi connectivity index (χ1v) is 9.68. The van der Waals surface area contributed by atoms with Gasteiger partial charge in [0.05, 0.1) is 12.3 Å². The Morgan fingerprint density at radius 3 is 2.83 bits per heavy atom. The minimum Gasteiger partial charge on any atom is -0.387 e. The van der Waals surface area contributed by atoms with Gasteiger partial charge in [-0.15, -0.1) is 0 Å². The number of fused-ring (bicyclic) bond motifs is 2. The van der Waals surface area contributed by atoms with Gasteiger partial charge >= 0.3 is 0 Å². The van der Waals surface area contributed by atoms with E-state index in [4.69, 9.17) is 21.1 Å². The van der Waals surface area contributed by atoms with Gasteiger partial charge in [-0.05, 0) is 36.2 Å². The molecule has 2 aliphatic heterocycles. The number of aromatic nitrogens is 3. The zero-order valence-corrected chi connectivity index (χ0v) is 16.2. The van der Waals surface area contributed by atoms with Crippen LogP contribution in [0.3, 0.4) is 0 Å². The van der Waals surface area contributed by atoms with Crippen molar-refractivity contribution in [3.63, 3.8) is 0 Å². The topological polar surface area (TPSA) is 89.6 Å². The van der Waals surface area contributed by atoms with Gasteiger partial charge < -0.3 is 24.3 Å². The molecule has 0 amide bonds. The Morgan fingerprint density at radius 2 is 2.00 bits per heavy atom. The fourth-order valence-corrected chi connectivity index (χ4v) is 4.36. The van der Waals surface area contributed by atoms with E-state index < -0.39 is 36.8 Å². The van der Waals surface area contributed by atoms with Crippen LogP contribution in [0.5, 0.6) is 0 Å². The molecule has 152 valence electrons. The third-order valence-electron chi connectivity index (χ3n) is 5.67. The van der Waals surface area contributed by atoms with Crippen LogP contribution < -0.4 is 0 Å². The molecule has 7 nitrogen and oxygen atoms in total. The number of benzene rings is 1. The smallest absolute Gasteiger partial charge is 0.164 e. The number of aliphatic hydroxyl groups is 2. The van der Waals surface area contributed by atoms with Gasteiger partial charge in [0.1, 0.15) is 42.6 Å². The summed E-state index contributed by atoms with van der Waals surface area (Å²) in [5.74, 6) is 0. The average molecular weight is 420 g/mol. The molecule has 2 aromatic heterocycles. The summed E-state index contributed by atoms with van der Waals surface area (Å²) in [6.07, 6.45) is -3.07. The average Bonchev–Trinajstić information content (AvgIpc) is 3.26. The summed E-state index contributed by atoms with van der Waals surface area (Å²) in [4.78, 5) is 8.45. The van der Waals surface area contributed by atoms with Crippen LogP contribution in [-0.4, -0.2) is 49.7 Å². The number of rotatable bonds is 2. The summed E-state index contributed by atoms with van der Waals surface area (Å²) in [6.45, 7) is 1.69. The summed E-state index contributed by atoms with van der Waals surface area (Å²) in [5, 5.41) is 22.7. The predicted molar refractivity (Wildman–Crippen MR) is 102 cm³/mol. The summed E-state index contributed by atoms with van der Waals surface area (Å²) in [7, 11) is 0. The maximum Gasteiger partial charge on any atom is 0.164 e. The van der Waals surface area contributed by atoms with E-state index in [0.29, 0.717) is 21.8 Å². The van der Waals surface area contributed by atoms with E-state index in [1.165, 1.54) is 6.33 Å². The van der Waals surface area contributed by atoms with Gasteiger partial charge in [0.2, 0.25) is 0 Å². The van der Waals surface area contributed by atoms with Gasteiger partial charge in [0.15, 0.2) is 6.23 Å². The Kier molecular flexibility index (Phi) is 4.56. The number of aliphatic hydroxyl groups excluding tert-OH is 2. The summed E-state index contributed by atoms with van der Waals surface area (Å²) in [5.41, 5.74) is 2.36. The molecule has 0 unspecified atom stereocenters. The van der Waals surface area contributed by atoms with Crippen molar-refractivity contribution in [1.82, 2.24) is 14.5 Å². The molecular formula is C20H19ClFN3O4. The minimum atomic E-state index is -1.31. The molecule has 1 saturated heterocycles. The van der Waals surface area contributed by atoms with Crippen LogP contribution >= 0.6 is 11.6 Å². The lowest BCUT2D eigenvalue weighted by molar-refractivity contribution is -0.124. The molecule has 2 N–H and O–H groups in total. The molecule has 1 aromatic carbocycles. The van der Waals surface area contributed by atoms with Crippen molar-refractivity contribution in [2.24, 2.45) is 0 Å². The van der Waals surface area contributed by atoms with E-state index in [2.05, 4.69) is 9.97 Å². The quantitative estimate of drug-likeness (QED) is 0.664. The Bertz CT molecular complexity index is 1080. The minimum absolute atomic E-state index is 0.176. The summed E-state index contributed by atoms with van der Waals surface area (Å²) in [6, 6.07) is 6.71. The molecule has 0 spiro atoms. The Balaban J connectivity index is 1.51. The normalized spacial score (nSPS) is 31.9. The number of hydrogen-bond donors (Lipinski definition) is 2. The fraction of sp³-hybridized carbons (Fsp3) is 0.400. The van der Waals surface area contributed by atoms with E-state index >= 15 is 0 Å². The van der Waals surface area contributed by atoms with Crippen molar-refractivity contribution < 1.29 is 24.1 Å². The van der Waals surface area contributed by atoms with Crippen LogP contribution in [0.15, 0.2) is 36.8 Å². The highest BCUT2D eigenvalue weighted by Gasteiger charge is 2.50. The van der Waals surface area contributed by atoms with Crippen molar-refractivity contribution in [3.05, 3.63) is 58.6 Å². The molecule has 0 aliphatic carbocycles. The second-order valence-corrected chi connectivity index (χ2v) is 7.82. The number of nitrogens with zero attached hydrogens (tertiary/aromatic N) is 3. The maximum absolute atomic E-state index is 14.3. The largest absolute Gasteiger partial charge is 0.387 e. The standard InChI is InChI=1S/C20H19ClFN3O4/c1-9-11-4-5-25(19(11)24-8-23-9)20-16(27)15(26)18(29-20)17-12-3-2-10(21)6-13(12)14(22)7-28-17/h2-6,8,14-18,20,26-27H,7H2,1H3/t14-,15-,16+,17+,18-,20+/m0/s1. The monoisotopic (exact) mass is 419 g/mol. The molecule has 4 heterocycles. The van der Waals surface area contributed by atoms with Crippen LogP contribution in [0.1, 0.15) is 35.3 Å². The first kappa shape index (κ1) is 18.9. The van der Waals surface area contributed by atoms with Crippen LogP contribution in [0.2, 0.25) is 5.02 Å². The van der Waals surface area contributed by atoms with Gasteiger partial charge in [0, 0.05) is 16.6 Å². The molecule has 2 aliphatic rings. The van der Waals surface area contributed by atoms with Crippen molar-refractivity contribution >= 4 is 22.6 Å². The second-order valence-electron chi connectivity index (χ2n) is 7.39. The number of alkyl halides is 1. The van der Waals surface area contributed by atoms with E-state index in [1.54, 1.807) is 29.0 Å². The van der Waals surface area contributed by atoms with Gasteiger partial charge in [-0.1, -0.05) is 17.7 Å². The van der Waals surface area contributed by atoms with Crippen LogP contribution in [0.25, 0.3) is 11.0 Å². The molecule has 5 rings (SSSR count). The molecular weight excluding hydrogens is 401 g/mol. The van der Waals surface area contributed by atoms with Gasteiger partial charge in [0.25, 0.3) is 0 Å². The lowest BCUT2D eigenvalue weighted by Crippen LogP contribution is -2.38. The van der Waals surface area contributed by atoms with E-state index in [9.17, 15) is 14.6 Å². The van der Waals surface area contributed by atoms with Crippen LogP contribution in [0, 0.1) is 6.92 Å². The molecule has 0 bridgehead atoms. The van der Waals surface area contributed by atoms with Crippen molar-refractivity contribution in [2.45, 2.75) is 43.7 Å². The highest BCUT2D eigenvalue weighted by Crippen LogP contribution is 2.44. The summed E-state index contributed by atoms with van der Waals surface area (Å²) < 4.78 is 27.8. The number of aryl methyl sites for hydroxylation is 1. The molecule has 0 radical (unpaired) electrons. The SMILES string of the molecule is Cc1ncnc2c1ccn2[C@@H]1O[C@H]([C@@H]2OC[C@H](F)c3cc(Cl)ccc32)[C@@H](O)[C@H]1O. The van der Waals surface area contributed by atoms with Crippen LogP contribution in [-0.2, 0) is 9.47 Å². The van der Waals surface area contributed by atoms with E-state index in [-0.39, 0.29) is 6.61 Å².